The number of para-hydroxylation sites is 1. The van der Waals surface area contributed by atoms with E-state index >= 15 is 0 Å². The smallest absolute Gasteiger partial charge is 0.344 e. The molecule has 1 unspecified atom stereocenters. The van der Waals surface area contributed by atoms with E-state index < -0.39 is 16.4 Å². The van der Waals surface area contributed by atoms with Gasteiger partial charge in [0.25, 0.3) is 0 Å². The monoisotopic (exact) mass is 488 g/mol. The molecule has 0 N–H and O–H groups in total. The van der Waals surface area contributed by atoms with Gasteiger partial charge in [0.05, 0.1) is 10.4 Å². The number of carbonyl (C=O) groups excluding carboxylic acids is 2. The first-order chi connectivity index (χ1) is 13.2. The summed E-state index contributed by atoms with van der Waals surface area (Å²) in [5.41, 5.74) is -0.991. The second-order valence-corrected chi connectivity index (χ2v) is 8.19. The van der Waals surface area contributed by atoms with Crippen LogP contribution in [0.4, 0.5) is 0 Å². The SMILES string of the molecule is CC(C)(COC(=O)COc1ccccc1)C(=O)C(Br)Oc1ccc(Cl)cc1Cl. The van der Waals surface area contributed by atoms with Crippen molar-refractivity contribution in [3.63, 3.8) is 0 Å². The molecule has 2 rings (SSSR count). The zero-order valence-electron chi connectivity index (χ0n) is 15.3. The van der Waals surface area contributed by atoms with E-state index in [-0.39, 0.29) is 24.0 Å². The van der Waals surface area contributed by atoms with Crippen molar-refractivity contribution >= 4 is 50.9 Å². The number of esters is 1. The zero-order valence-corrected chi connectivity index (χ0v) is 18.4. The molecule has 2 aromatic rings. The van der Waals surface area contributed by atoms with Gasteiger partial charge in [-0.25, -0.2) is 4.79 Å². The van der Waals surface area contributed by atoms with Crippen molar-refractivity contribution < 1.29 is 23.8 Å². The molecule has 5 nitrogen and oxygen atoms in total. The van der Waals surface area contributed by atoms with Gasteiger partial charge in [-0.15, -0.1) is 0 Å². The number of hydrogen-bond donors (Lipinski definition) is 0. The molecule has 0 aromatic heterocycles. The minimum Gasteiger partial charge on any atom is -0.482 e. The van der Waals surface area contributed by atoms with Crippen LogP contribution in [0.25, 0.3) is 0 Å². The van der Waals surface area contributed by atoms with E-state index in [1.54, 1.807) is 50.2 Å². The molecule has 28 heavy (non-hydrogen) atoms. The number of rotatable bonds is 9. The molecule has 8 heteroatoms. The van der Waals surface area contributed by atoms with E-state index in [4.69, 9.17) is 37.4 Å². The van der Waals surface area contributed by atoms with Gasteiger partial charge in [-0.3, -0.25) is 4.79 Å². The highest BCUT2D eigenvalue weighted by Crippen LogP contribution is 2.31. The number of hydrogen-bond acceptors (Lipinski definition) is 5. The third-order valence-corrected chi connectivity index (χ3v) is 4.82. The summed E-state index contributed by atoms with van der Waals surface area (Å²) in [6, 6.07) is 13.6. The number of alkyl halides is 1. The summed E-state index contributed by atoms with van der Waals surface area (Å²) in [5, 5.41) is -0.229. The lowest BCUT2D eigenvalue weighted by Gasteiger charge is -2.25. The van der Waals surface area contributed by atoms with Gasteiger partial charge in [-0.05, 0) is 60.1 Å². The Morgan fingerprint density at radius 3 is 2.43 bits per heavy atom. The first kappa shape index (κ1) is 22.5. The summed E-state index contributed by atoms with van der Waals surface area (Å²) < 4.78 is 16.1. The first-order valence-electron chi connectivity index (χ1n) is 8.32. The molecule has 0 saturated heterocycles. The fourth-order valence-electron chi connectivity index (χ4n) is 2.08. The standard InChI is InChI=1S/C20H19BrCl2O5/c1-20(2,12-27-17(24)11-26-14-6-4-3-5-7-14)18(25)19(21)28-16-9-8-13(22)10-15(16)23/h3-10,19H,11-12H2,1-2H3. The number of ketones is 1. The first-order valence-corrected chi connectivity index (χ1v) is 10.00. The summed E-state index contributed by atoms with van der Waals surface area (Å²) in [4.78, 5) is 24.6. The lowest BCUT2D eigenvalue weighted by atomic mass is 9.89. The second-order valence-electron chi connectivity index (χ2n) is 6.52. The van der Waals surface area contributed by atoms with Crippen molar-refractivity contribution in [3.05, 3.63) is 58.6 Å². The Morgan fingerprint density at radius 1 is 1.11 bits per heavy atom. The molecular formula is C20H19BrCl2O5. The number of benzene rings is 2. The second kappa shape index (κ2) is 10.1. The van der Waals surface area contributed by atoms with Gasteiger partial charge >= 0.3 is 5.97 Å². The van der Waals surface area contributed by atoms with Gasteiger partial charge in [0.2, 0.25) is 5.01 Å². The van der Waals surface area contributed by atoms with Gasteiger partial charge in [0, 0.05) is 5.02 Å². The summed E-state index contributed by atoms with van der Waals surface area (Å²) in [5.74, 6) is -0.0123. The van der Waals surface area contributed by atoms with Crippen LogP contribution in [0.1, 0.15) is 13.8 Å². The summed E-state index contributed by atoms with van der Waals surface area (Å²) in [7, 11) is 0. The van der Waals surface area contributed by atoms with Crippen LogP contribution in [-0.4, -0.2) is 30.0 Å². The molecule has 0 aliphatic rings. The Morgan fingerprint density at radius 2 is 1.79 bits per heavy atom. The van der Waals surface area contributed by atoms with Crippen LogP contribution in [0, 0.1) is 5.41 Å². The van der Waals surface area contributed by atoms with Crippen LogP contribution >= 0.6 is 39.1 Å². The molecule has 2 aromatic carbocycles. The Balaban J connectivity index is 1.86. The van der Waals surface area contributed by atoms with Gasteiger partial charge in [0.1, 0.15) is 18.1 Å². The van der Waals surface area contributed by atoms with Crippen molar-refractivity contribution in [1.29, 1.82) is 0 Å². The fraction of sp³-hybridized carbons (Fsp3) is 0.300. The Bertz CT molecular complexity index is 827. The highest BCUT2D eigenvalue weighted by atomic mass is 79.9. The lowest BCUT2D eigenvalue weighted by molar-refractivity contribution is -0.151. The van der Waals surface area contributed by atoms with Crippen LogP contribution in [0.15, 0.2) is 48.5 Å². The number of halogens is 3. The highest BCUT2D eigenvalue weighted by Gasteiger charge is 2.35. The topological polar surface area (TPSA) is 61.8 Å². The van der Waals surface area contributed by atoms with E-state index in [9.17, 15) is 9.59 Å². The zero-order chi connectivity index (χ0) is 20.7. The van der Waals surface area contributed by atoms with Crippen molar-refractivity contribution in [2.75, 3.05) is 13.2 Å². The molecule has 0 aliphatic carbocycles. The molecular weight excluding hydrogens is 471 g/mol. The third kappa shape index (κ3) is 6.69. The van der Waals surface area contributed by atoms with Crippen molar-refractivity contribution in [3.8, 4) is 11.5 Å². The van der Waals surface area contributed by atoms with Gasteiger partial charge in [-0.1, -0.05) is 41.4 Å². The summed E-state index contributed by atoms with van der Waals surface area (Å²) in [6.07, 6.45) is 0. The molecule has 0 radical (unpaired) electrons. The van der Waals surface area contributed by atoms with E-state index in [0.29, 0.717) is 16.5 Å². The average molecular weight is 490 g/mol. The molecule has 150 valence electrons. The molecule has 0 heterocycles. The van der Waals surface area contributed by atoms with Crippen LogP contribution in [0.5, 0.6) is 11.5 Å². The Kier molecular flexibility index (Phi) is 8.16. The minimum absolute atomic E-state index is 0.122. The van der Waals surface area contributed by atoms with Crippen LogP contribution in [0.3, 0.4) is 0 Å². The molecule has 0 bridgehead atoms. The summed E-state index contributed by atoms with van der Waals surface area (Å²) >= 11 is 15.1. The average Bonchev–Trinajstić information content (AvgIpc) is 2.67. The van der Waals surface area contributed by atoms with Crippen molar-refractivity contribution in [1.82, 2.24) is 0 Å². The van der Waals surface area contributed by atoms with Crippen molar-refractivity contribution in [2.24, 2.45) is 5.41 Å². The largest absolute Gasteiger partial charge is 0.482 e. The van der Waals surface area contributed by atoms with Gasteiger partial charge < -0.3 is 14.2 Å². The van der Waals surface area contributed by atoms with Gasteiger partial charge in [-0.2, -0.15) is 0 Å². The maximum atomic E-state index is 12.7. The maximum absolute atomic E-state index is 12.7. The predicted octanol–water partition coefficient (Wildman–Crippen LogP) is 5.31. The molecule has 0 amide bonds. The fourth-order valence-corrected chi connectivity index (χ4v) is 3.35. The quantitative estimate of drug-likeness (QED) is 0.352. The Labute approximate surface area is 182 Å². The molecule has 0 spiro atoms. The molecule has 0 aliphatic heterocycles. The van der Waals surface area contributed by atoms with E-state index in [1.165, 1.54) is 6.07 Å². The molecule has 0 fully saturated rings. The van der Waals surface area contributed by atoms with Crippen molar-refractivity contribution in [2.45, 2.75) is 18.9 Å². The lowest BCUT2D eigenvalue weighted by Crippen LogP contribution is -2.39. The number of Topliss-reactive ketones (excluding diaryl/α,β-unsaturated/α-hetero) is 1. The predicted molar refractivity (Wildman–Crippen MR) is 111 cm³/mol. The van der Waals surface area contributed by atoms with E-state index in [0.717, 1.165) is 0 Å². The molecule has 1 atom stereocenters. The van der Waals surface area contributed by atoms with Crippen LogP contribution < -0.4 is 9.47 Å². The Hall–Kier alpha value is -1.76. The number of carbonyl (C=O) groups is 2. The maximum Gasteiger partial charge on any atom is 0.344 e. The highest BCUT2D eigenvalue weighted by molar-refractivity contribution is 9.09. The van der Waals surface area contributed by atoms with Gasteiger partial charge in [0.15, 0.2) is 12.4 Å². The van der Waals surface area contributed by atoms with E-state index in [2.05, 4.69) is 15.9 Å². The van der Waals surface area contributed by atoms with E-state index in [1.807, 2.05) is 6.07 Å². The molecule has 0 saturated carbocycles. The number of ether oxygens (including phenoxy) is 3. The minimum atomic E-state index is -0.991. The normalized spacial score (nSPS) is 12.2. The van der Waals surface area contributed by atoms with Crippen LogP contribution in [-0.2, 0) is 14.3 Å². The van der Waals surface area contributed by atoms with Crippen LogP contribution in [0.2, 0.25) is 10.0 Å². The summed E-state index contributed by atoms with van der Waals surface area (Å²) in [6.45, 7) is 2.94. The third-order valence-electron chi connectivity index (χ3n) is 3.69.